The van der Waals surface area contributed by atoms with Gasteiger partial charge < -0.3 is 15.0 Å². The van der Waals surface area contributed by atoms with Gasteiger partial charge in [0.25, 0.3) is 5.91 Å². The highest BCUT2D eigenvalue weighted by Crippen LogP contribution is 2.26. The highest BCUT2D eigenvalue weighted by Gasteiger charge is 2.24. The number of hydrogen-bond donors (Lipinski definition) is 1. The van der Waals surface area contributed by atoms with Crippen molar-refractivity contribution in [3.63, 3.8) is 0 Å². The molecule has 10 heteroatoms. The molecule has 33 heavy (non-hydrogen) atoms. The molecule has 1 aromatic heterocycles. The molecule has 1 aliphatic heterocycles. The van der Waals surface area contributed by atoms with Crippen LogP contribution in [0.15, 0.2) is 59.8 Å². The molecule has 2 heterocycles. The number of carbonyl (C=O) groups excluding carboxylic acids is 2. The minimum atomic E-state index is -0.593. The van der Waals surface area contributed by atoms with E-state index in [1.165, 1.54) is 30.0 Å². The first-order valence-electron chi connectivity index (χ1n) is 10.6. The predicted molar refractivity (Wildman–Crippen MR) is 122 cm³/mol. The molecule has 1 aliphatic rings. The number of thioether (sulfide) groups is 1. The van der Waals surface area contributed by atoms with Crippen molar-refractivity contribution in [1.29, 1.82) is 0 Å². The summed E-state index contributed by atoms with van der Waals surface area (Å²) in [4.78, 5) is 27.0. The van der Waals surface area contributed by atoms with Crippen LogP contribution in [0.5, 0.6) is 0 Å². The summed E-state index contributed by atoms with van der Waals surface area (Å²) in [5, 5.41) is 11.9. The molecule has 2 amide bonds. The average Bonchev–Trinajstić information content (AvgIpc) is 3.28. The molecule has 8 nitrogen and oxygen atoms in total. The summed E-state index contributed by atoms with van der Waals surface area (Å²) in [7, 11) is 0. The quantitative estimate of drug-likeness (QED) is 0.536. The summed E-state index contributed by atoms with van der Waals surface area (Å²) in [6, 6.07) is 14.7. The molecule has 0 unspecified atom stereocenters. The van der Waals surface area contributed by atoms with Gasteiger partial charge in [-0.3, -0.25) is 14.2 Å². The van der Waals surface area contributed by atoms with Crippen LogP contribution in [0, 0.1) is 5.82 Å². The van der Waals surface area contributed by atoms with Crippen molar-refractivity contribution < 1.29 is 18.7 Å². The fourth-order valence-electron chi connectivity index (χ4n) is 3.49. The molecule has 0 aliphatic carbocycles. The van der Waals surface area contributed by atoms with Crippen LogP contribution < -0.4 is 5.32 Å². The smallest absolute Gasteiger partial charge is 0.254 e. The van der Waals surface area contributed by atoms with Gasteiger partial charge in [-0.25, -0.2) is 4.39 Å². The number of para-hydroxylation sites is 1. The van der Waals surface area contributed by atoms with Gasteiger partial charge in [0, 0.05) is 18.8 Å². The van der Waals surface area contributed by atoms with Gasteiger partial charge in [0.15, 0.2) is 11.0 Å². The van der Waals surface area contributed by atoms with Crippen LogP contribution in [0.4, 0.5) is 4.39 Å². The normalized spacial score (nSPS) is 14.7. The van der Waals surface area contributed by atoms with E-state index in [1.807, 2.05) is 34.9 Å². The lowest BCUT2D eigenvalue weighted by Crippen LogP contribution is -2.41. The fraction of sp³-hybridized carbons (Fsp3) is 0.304. The Kier molecular flexibility index (Phi) is 7.36. The van der Waals surface area contributed by atoms with Crippen LogP contribution in [0.3, 0.4) is 0 Å². The molecule has 172 valence electrons. The third kappa shape index (κ3) is 5.40. The number of aromatic nitrogens is 3. The number of halogens is 1. The third-order valence-corrected chi connectivity index (χ3v) is 6.13. The number of ether oxygens (including phenoxy) is 1. The van der Waals surface area contributed by atoms with E-state index in [-0.39, 0.29) is 17.2 Å². The molecule has 3 aromatic rings. The molecular weight excluding hydrogens is 445 g/mol. The number of amides is 2. The first kappa shape index (κ1) is 22.9. The highest BCUT2D eigenvalue weighted by molar-refractivity contribution is 7.99. The van der Waals surface area contributed by atoms with E-state index >= 15 is 0 Å². The van der Waals surface area contributed by atoms with Crippen molar-refractivity contribution in [1.82, 2.24) is 25.0 Å². The van der Waals surface area contributed by atoms with Crippen molar-refractivity contribution >= 4 is 23.6 Å². The standard InChI is InChI=1S/C23H24FN5O3S/c1-16(25-22(31)18-9-5-6-10-19(18)24)21-26-27-23(29(21)17-7-3-2-4-8-17)33-15-20(30)28-11-13-32-14-12-28/h2-10,16H,11-15H2,1H3,(H,25,31)/t16-/m1/s1. The summed E-state index contributed by atoms with van der Waals surface area (Å²) in [5.74, 6) is -0.439. The number of morpholine rings is 1. The second kappa shape index (κ2) is 10.6. The Labute approximate surface area is 195 Å². The topological polar surface area (TPSA) is 89.3 Å². The van der Waals surface area contributed by atoms with E-state index in [1.54, 1.807) is 17.9 Å². The maximum atomic E-state index is 14.0. The fourth-order valence-corrected chi connectivity index (χ4v) is 4.35. The maximum absolute atomic E-state index is 14.0. The molecule has 1 atom stereocenters. The van der Waals surface area contributed by atoms with Gasteiger partial charge in [0.05, 0.1) is 30.6 Å². The van der Waals surface area contributed by atoms with Crippen molar-refractivity contribution in [2.75, 3.05) is 32.1 Å². The number of nitrogens with zero attached hydrogens (tertiary/aromatic N) is 4. The zero-order valence-electron chi connectivity index (χ0n) is 18.1. The Morgan fingerprint density at radius 2 is 1.79 bits per heavy atom. The minimum Gasteiger partial charge on any atom is -0.378 e. The summed E-state index contributed by atoms with van der Waals surface area (Å²) in [6.45, 7) is 4.00. The van der Waals surface area contributed by atoms with Crippen LogP contribution in [0.2, 0.25) is 0 Å². The molecule has 2 aromatic carbocycles. The molecule has 1 N–H and O–H groups in total. The zero-order chi connectivity index (χ0) is 23.2. The SMILES string of the molecule is C[C@@H](NC(=O)c1ccccc1F)c1nnc(SCC(=O)N2CCOCC2)n1-c1ccccc1. The summed E-state index contributed by atoms with van der Waals surface area (Å²) >= 11 is 1.28. The lowest BCUT2D eigenvalue weighted by Gasteiger charge is -2.26. The van der Waals surface area contributed by atoms with Crippen molar-refractivity contribution in [3.8, 4) is 5.69 Å². The molecule has 1 saturated heterocycles. The van der Waals surface area contributed by atoms with E-state index < -0.39 is 17.8 Å². The van der Waals surface area contributed by atoms with Crippen LogP contribution in [-0.2, 0) is 9.53 Å². The second-order valence-corrected chi connectivity index (χ2v) is 8.41. The predicted octanol–water partition coefficient (Wildman–Crippen LogP) is 2.85. The molecule has 0 spiro atoms. The first-order chi connectivity index (χ1) is 16.0. The van der Waals surface area contributed by atoms with E-state index in [4.69, 9.17) is 4.74 Å². The highest BCUT2D eigenvalue weighted by atomic mass is 32.2. The van der Waals surface area contributed by atoms with Crippen LogP contribution in [-0.4, -0.2) is 63.5 Å². The van der Waals surface area contributed by atoms with E-state index in [0.717, 1.165) is 5.69 Å². The number of benzene rings is 2. The minimum absolute atomic E-state index is 0.00775. The van der Waals surface area contributed by atoms with E-state index in [9.17, 15) is 14.0 Å². The van der Waals surface area contributed by atoms with Gasteiger partial charge in [-0.15, -0.1) is 10.2 Å². The molecule has 4 rings (SSSR count). The third-order valence-electron chi connectivity index (χ3n) is 5.21. The first-order valence-corrected chi connectivity index (χ1v) is 11.6. The maximum Gasteiger partial charge on any atom is 0.254 e. The van der Waals surface area contributed by atoms with Gasteiger partial charge in [-0.05, 0) is 31.2 Å². The number of hydrogen-bond acceptors (Lipinski definition) is 6. The number of nitrogens with one attached hydrogen (secondary N) is 1. The van der Waals surface area contributed by atoms with Crippen LogP contribution in [0.1, 0.15) is 29.1 Å². The van der Waals surface area contributed by atoms with Crippen molar-refractivity contribution in [2.45, 2.75) is 18.1 Å². The Hall–Kier alpha value is -3.24. The van der Waals surface area contributed by atoms with Crippen molar-refractivity contribution in [3.05, 3.63) is 71.8 Å². The van der Waals surface area contributed by atoms with Gasteiger partial charge in [0.1, 0.15) is 5.82 Å². The zero-order valence-corrected chi connectivity index (χ0v) is 18.9. The Balaban J connectivity index is 1.55. The van der Waals surface area contributed by atoms with Gasteiger partial charge in [0.2, 0.25) is 5.91 Å². The lowest BCUT2D eigenvalue weighted by atomic mass is 10.2. The summed E-state index contributed by atoms with van der Waals surface area (Å²) < 4.78 is 21.1. The average molecular weight is 470 g/mol. The Morgan fingerprint density at radius 3 is 2.52 bits per heavy atom. The monoisotopic (exact) mass is 469 g/mol. The Morgan fingerprint density at radius 1 is 1.09 bits per heavy atom. The van der Waals surface area contributed by atoms with Crippen LogP contribution in [0.25, 0.3) is 5.69 Å². The molecule has 0 saturated carbocycles. The molecule has 0 radical (unpaired) electrons. The van der Waals surface area contributed by atoms with Gasteiger partial charge in [-0.2, -0.15) is 0 Å². The second-order valence-electron chi connectivity index (χ2n) is 7.47. The summed E-state index contributed by atoms with van der Waals surface area (Å²) in [5.41, 5.74) is 0.756. The van der Waals surface area contributed by atoms with Gasteiger partial charge >= 0.3 is 0 Å². The number of carbonyl (C=O) groups is 2. The van der Waals surface area contributed by atoms with Gasteiger partial charge in [-0.1, -0.05) is 42.1 Å². The van der Waals surface area contributed by atoms with Crippen molar-refractivity contribution in [2.24, 2.45) is 0 Å². The van der Waals surface area contributed by atoms with Crippen LogP contribution >= 0.6 is 11.8 Å². The number of rotatable bonds is 7. The molecular formula is C23H24FN5O3S. The van der Waals surface area contributed by atoms with E-state index in [2.05, 4.69) is 15.5 Å². The molecule has 0 bridgehead atoms. The largest absolute Gasteiger partial charge is 0.378 e. The lowest BCUT2D eigenvalue weighted by molar-refractivity contribution is -0.132. The van der Waals surface area contributed by atoms with E-state index in [0.29, 0.717) is 37.3 Å². The molecule has 1 fully saturated rings. The summed E-state index contributed by atoms with van der Waals surface area (Å²) in [6.07, 6.45) is 0. The Bertz CT molecular complexity index is 1120.